The van der Waals surface area contributed by atoms with Gasteiger partial charge in [-0.25, -0.2) is 4.79 Å². The van der Waals surface area contributed by atoms with Gasteiger partial charge < -0.3 is 9.69 Å². The fourth-order valence-electron chi connectivity index (χ4n) is 2.82. The first kappa shape index (κ1) is 17.1. The number of carbonyl (C=O) groups excluding carboxylic acids is 4. The highest BCUT2D eigenvalue weighted by Crippen LogP contribution is 2.35. The maximum Gasteiger partial charge on any atom is 0.329 e. The molecule has 0 bridgehead atoms. The largest absolute Gasteiger partial charge is 0.333 e. The lowest BCUT2D eigenvalue weighted by Crippen LogP contribution is -2.56. The molecule has 25 heavy (non-hydrogen) atoms. The van der Waals surface area contributed by atoms with Gasteiger partial charge in [0.25, 0.3) is 0 Å². The highest BCUT2D eigenvalue weighted by atomic mass is 32.1. The molecular formula is C17H17N3O4S. The van der Waals surface area contributed by atoms with Crippen LogP contribution in [-0.2, 0) is 20.8 Å². The highest BCUT2D eigenvalue weighted by Gasteiger charge is 2.35. The Balaban J connectivity index is 1.85. The van der Waals surface area contributed by atoms with Crippen LogP contribution in [0.3, 0.4) is 0 Å². The van der Waals surface area contributed by atoms with Gasteiger partial charge in [-0.15, -0.1) is 11.3 Å². The molecule has 0 spiro atoms. The van der Waals surface area contributed by atoms with E-state index in [0.717, 1.165) is 26.8 Å². The lowest BCUT2D eigenvalue weighted by Gasteiger charge is -2.31. The smallest absolute Gasteiger partial charge is 0.329 e. The maximum atomic E-state index is 12.5. The summed E-state index contributed by atoms with van der Waals surface area (Å²) in [6, 6.07) is 6.88. The summed E-state index contributed by atoms with van der Waals surface area (Å²) in [4.78, 5) is 49.9. The molecule has 1 N–H and O–H groups in total. The monoisotopic (exact) mass is 359 g/mol. The minimum atomic E-state index is -0.830. The molecule has 1 saturated heterocycles. The number of thiophene rings is 1. The lowest BCUT2D eigenvalue weighted by molar-refractivity contribution is -0.153. The van der Waals surface area contributed by atoms with Gasteiger partial charge in [0.05, 0.1) is 0 Å². The van der Waals surface area contributed by atoms with E-state index in [1.807, 2.05) is 24.3 Å². The molecule has 0 unspecified atom stereocenters. The summed E-state index contributed by atoms with van der Waals surface area (Å²) >= 11 is 1.34. The number of benzene rings is 1. The van der Waals surface area contributed by atoms with Crippen molar-refractivity contribution in [3.05, 3.63) is 29.8 Å². The van der Waals surface area contributed by atoms with Crippen LogP contribution in [0.5, 0.6) is 0 Å². The van der Waals surface area contributed by atoms with Gasteiger partial charge >= 0.3 is 17.8 Å². The molecule has 0 atom stereocenters. The van der Waals surface area contributed by atoms with Crippen LogP contribution in [0.4, 0.5) is 9.80 Å². The topological polar surface area (TPSA) is 86.8 Å². The number of fused-ring (bicyclic) bond motifs is 1. The molecule has 1 aliphatic rings. The minimum Gasteiger partial charge on any atom is -0.333 e. The van der Waals surface area contributed by atoms with Gasteiger partial charge in [0.1, 0.15) is 11.3 Å². The number of carbonyl (C=O) groups is 4. The second kappa shape index (κ2) is 7.02. The Labute approximate surface area is 148 Å². The molecular weight excluding hydrogens is 342 g/mol. The van der Waals surface area contributed by atoms with Crippen molar-refractivity contribution >= 4 is 50.6 Å². The number of likely N-dealkylation sites (N-methyl/N-ethyl adjacent to an activating group) is 1. The van der Waals surface area contributed by atoms with Gasteiger partial charge in [-0.1, -0.05) is 18.2 Å². The van der Waals surface area contributed by atoms with E-state index in [2.05, 4.69) is 5.32 Å². The number of hydrogen-bond acceptors (Lipinski definition) is 5. The van der Waals surface area contributed by atoms with E-state index in [-0.39, 0.29) is 13.0 Å². The third-order valence-corrected chi connectivity index (χ3v) is 5.27. The SMILES string of the molecule is CCN1CCN(C(=O)Nc2sc3ccccc3c2CC=O)C(=O)C1=O. The molecule has 2 heterocycles. The van der Waals surface area contributed by atoms with Crippen molar-refractivity contribution in [2.45, 2.75) is 13.3 Å². The first-order valence-electron chi connectivity index (χ1n) is 7.92. The van der Waals surface area contributed by atoms with Gasteiger partial charge in [0.15, 0.2) is 0 Å². The Bertz CT molecular complexity index is 861. The molecule has 0 saturated carbocycles. The number of urea groups is 1. The van der Waals surface area contributed by atoms with Crippen LogP contribution in [0.1, 0.15) is 12.5 Å². The van der Waals surface area contributed by atoms with E-state index in [4.69, 9.17) is 0 Å². The predicted molar refractivity (Wildman–Crippen MR) is 94.6 cm³/mol. The van der Waals surface area contributed by atoms with E-state index in [9.17, 15) is 19.2 Å². The van der Waals surface area contributed by atoms with Crippen LogP contribution in [0, 0.1) is 0 Å². The molecule has 0 aliphatic carbocycles. The van der Waals surface area contributed by atoms with Crippen LogP contribution in [0.15, 0.2) is 24.3 Å². The Morgan fingerprint density at radius 1 is 1.24 bits per heavy atom. The van der Waals surface area contributed by atoms with Crippen molar-refractivity contribution in [2.75, 3.05) is 25.0 Å². The third kappa shape index (κ3) is 3.12. The number of anilines is 1. The standard InChI is InChI=1S/C17H17N3O4S/c1-2-19-8-9-20(16(23)15(19)22)17(24)18-14-12(7-10-21)11-5-3-4-6-13(11)25-14/h3-6,10H,2,7-9H2,1H3,(H,18,24). The molecule has 4 amide bonds. The number of hydrogen-bond donors (Lipinski definition) is 1. The van der Waals surface area contributed by atoms with Crippen LogP contribution in [-0.4, -0.2) is 53.6 Å². The molecule has 1 aromatic heterocycles. The molecule has 7 nitrogen and oxygen atoms in total. The normalized spacial score (nSPS) is 14.9. The number of amides is 4. The molecule has 2 aromatic rings. The molecule has 8 heteroatoms. The van der Waals surface area contributed by atoms with Gasteiger partial charge in [-0.2, -0.15) is 0 Å². The van der Waals surface area contributed by atoms with Crippen molar-refractivity contribution in [1.29, 1.82) is 0 Å². The first-order valence-corrected chi connectivity index (χ1v) is 8.74. The van der Waals surface area contributed by atoms with Crippen LogP contribution in [0.2, 0.25) is 0 Å². The Hall–Kier alpha value is -2.74. The molecule has 0 radical (unpaired) electrons. The number of aldehydes is 1. The third-order valence-electron chi connectivity index (χ3n) is 4.14. The van der Waals surface area contributed by atoms with Crippen molar-refractivity contribution in [3.63, 3.8) is 0 Å². The highest BCUT2D eigenvalue weighted by molar-refractivity contribution is 7.23. The van der Waals surface area contributed by atoms with Crippen molar-refractivity contribution in [2.24, 2.45) is 0 Å². The summed E-state index contributed by atoms with van der Waals surface area (Å²) in [5.74, 6) is -1.50. The number of nitrogens with zero attached hydrogens (tertiary/aromatic N) is 2. The zero-order valence-electron chi connectivity index (χ0n) is 13.7. The zero-order chi connectivity index (χ0) is 18.0. The van der Waals surface area contributed by atoms with E-state index < -0.39 is 17.8 Å². The number of nitrogens with one attached hydrogen (secondary N) is 1. The summed E-state index contributed by atoms with van der Waals surface area (Å²) in [5.41, 5.74) is 0.718. The Morgan fingerprint density at radius 2 is 2.00 bits per heavy atom. The van der Waals surface area contributed by atoms with E-state index in [1.54, 1.807) is 6.92 Å². The lowest BCUT2D eigenvalue weighted by atomic mass is 10.1. The van der Waals surface area contributed by atoms with Crippen molar-refractivity contribution in [3.8, 4) is 0 Å². The van der Waals surface area contributed by atoms with Crippen molar-refractivity contribution < 1.29 is 19.2 Å². The Kier molecular flexibility index (Phi) is 4.80. The summed E-state index contributed by atoms with van der Waals surface area (Å²) in [6.45, 7) is 2.68. The van der Waals surface area contributed by atoms with Gasteiger partial charge in [0.2, 0.25) is 0 Å². The minimum absolute atomic E-state index is 0.151. The number of piperazine rings is 1. The average Bonchev–Trinajstić information content (AvgIpc) is 2.95. The van der Waals surface area contributed by atoms with Gasteiger partial charge in [-0.3, -0.25) is 19.8 Å². The van der Waals surface area contributed by atoms with Crippen LogP contribution >= 0.6 is 11.3 Å². The van der Waals surface area contributed by atoms with E-state index in [0.29, 0.717) is 18.1 Å². The molecule has 3 rings (SSSR count). The first-order chi connectivity index (χ1) is 12.1. The summed E-state index contributed by atoms with van der Waals surface area (Å²) in [5, 5.41) is 4.11. The molecule has 1 aliphatic heterocycles. The molecule has 1 fully saturated rings. The zero-order valence-corrected chi connectivity index (χ0v) is 14.5. The van der Waals surface area contributed by atoms with Crippen LogP contribution < -0.4 is 5.32 Å². The summed E-state index contributed by atoms with van der Waals surface area (Å²) in [6.07, 6.45) is 0.939. The molecule has 1 aromatic carbocycles. The van der Waals surface area contributed by atoms with E-state index in [1.165, 1.54) is 16.2 Å². The summed E-state index contributed by atoms with van der Waals surface area (Å²) < 4.78 is 0.938. The maximum absolute atomic E-state index is 12.5. The van der Waals surface area contributed by atoms with Crippen molar-refractivity contribution in [1.82, 2.24) is 9.80 Å². The Morgan fingerprint density at radius 3 is 2.72 bits per heavy atom. The number of imide groups is 1. The second-order valence-electron chi connectivity index (χ2n) is 5.55. The average molecular weight is 359 g/mol. The molecule has 130 valence electrons. The van der Waals surface area contributed by atoms with Crippen LogP contribution in [0.25, 0.3) is 10.1 Å². The second-order valence-corrected chi connectivity index (χ2v) is 6.60. The number of rotatable bonds is 4. The summed E-state index contributed by atoms with van der Waals surface area (Å²) in [7, 11) is 0. The van der Waals surface area contributed by atoms with Gasteiger partial charge in [-0.05, 0) is 18.4 Å². The fourth-order valence-corrected chi connectivity index (χ4v) is 3.94. The fraction of sp³-hybridized carbons (Fsp3) is 0.294. The van der Waals surface area contributed by atoms with Gasteiger partial charge in [0, 0.05) is 36.3 Å². The predicted octanol–water partition coefficient (Wildman–Crippen LogP) is 1.87. The van der Waals surface area contributed by atoms with E-state index >= 15 is 0 Å². The quantitative estimate of drug-likeness (QED) is 0.667.